The van der Waals surface area contributed by atoms with E-state index in [1.54, 1.807) is 18.2 Å². The van der Waals surface area contributed by atoms with Crippen LogP contribution in [-0.2, 0) is 0 Å². The molecule has 1 fully saturated rings. The average Bonchev–Trinajstić information content (AvgIpc) is 2.80. The number of benzene rings is 3. The van der Waals surface area contributed by atoms with E-state index in [4.69, 9.17) is 27.9 Å². The average molecular weight is 526 g/mol. The molecule has 1 aliphatic heterocycles. The molecule has 1 amide bonds. The van der Waals surface area contributed by atoms with Crippen molar-refractivity contribution >= 4 is 53.4 Å². The van der Waals surface area contributed by atoms with Gasteiger partial charge in [-0.25, -0.2) is 9.40 Å². The largest absolute Gasteiger partial charge is 0.491 e. The number of carbonyl (C=O) groups excluding carboxylic acids is 1. The summed E-state index contributed by atoms with van der Waals surface area (Å²) in [5.74, 6) is -0.404. The Hall–Kier alpha value is -2.07. The quantitative estimate of drug-likeness (QED) is 0.486. The lowest BCUT2D eigenvalue weighted by atomic mass is 10.1. The lowest BCUT2D eigenvalue weighted by molar-refractivity contribution is 0.0316. The molecule has 0 radical (unpaired) electrons. The zero-order valence-corrected chi connectivity index (χ0v) is 20.8. The predicted octanol–water partition coefficient (Wildman–Crippen LogP) is 4.10. The minimum atomic E-state index is -0.726. The molecule has 182 valence electrons. The van der Waals surface area contributed by atoms with E-state index >= 15 is 0 Å². The molecule has 3 aromatic carbocycles. The van der Waals surface area contributed by atoms with Gasteiger partial charge in [0.05, 0.1) is 5.02 Å². The van der Waals surface area contributed by atoms with E-state index in [1.807, 2.05) is 29.3 Å². The molecule has 0 unspecified atom stereocenters. The second-order valence-corrected chi connectivity index (χ2v) is 8.82. The molecular formula is C24H26Cl2FN3O3S. The first-order valence-corrected chi connectivity index (χ1v) is 11.4. The van der Waals surface area contributed by atoms with Gasteiger partial charge < -0.3 is 9.84 Å². The maximum atomic E-state index is 13.5. The summed E-state index contributed by atoms with van der Waals surface area (Å²) in [6, 6.07) is 15.3. The highest BCUT2D eigenvalue weighted by atomic mass is 35.5. The Morgan fingerprint density at radius 3 is 2.47 bits per heavy atom. The maximum absolute atomic E-state index is 13.5. The summed E-state index contributed by atoms with van der Waals surface area (Å²) in [5, 5.41) is 14.8. The number of nitrogens with zero attached hydrogens (tertiary/aromatic N) is 2. The topological polar surface area (TPSA) is 65.0 Å². The molecule has 4 rings (SSSR count). The van der Waals surface area contributed by atoms with Gasteiger partial charge in [0.25, 0.3) is 5.91 Å². The van der Waals surface area contributed by atoms with Crippen LogP contribution in [0.2, 0.25) is 10.0 Å². The monoisotopic (exact) mass is 525 g/mol. The van der Waals surface area contributed by atoms with Gasteiger partial charge in [0.15, 0.2) is 0 Å². The fraction of sp³-hybridized carbons (Fsp3) is 0.292. The molecule has 1 heterocycles. The molecule has 1 aliphatic rings. The normalized spacial score (nSPS) is 15.5. The van der Waals surface area contributed by atoms with Crippen molar-refractivity contribution in [3.05, 3.63) is 76.0 Å². The van der Waals surface area contributed by atoms with Gasteiger partial charge in [-0.3, -0.25) is 15.1 Å². The highest BCUT2D eigenvalue weighted by Crippen LogP contribution is 2.21. The summed E-state index contributed by atoms with van der Waals surface area (Å²) in [5.41, 5.74) is 3.53. The highest BCUT2D eigenvalue weighted by Gasteiger charge is 2.21. The number of aliphatic hydroxyl groups is 1. The van der Waals surface area contributed by atoms with Crippen molar-refractivity contribution in [2.45, 2.75) is 6.10 Å². The number of hydrogen-bond donors (Lipinski definition) is 2. The number of hydrazine groups is 1. The number of hydrogen-bond acceptors (Lipinski definition) is 5. The lowest BCUT2D eigenvalue weighted by Crippen LogP contribution is -2.54. The van der Waals surface area contributed by atoms with Crippen LogP contribution >= 0.6 is 36.7 Å². The number of fused-ring (bicyclic) bond motifs is 1. The lowest BCUT2D eigenvalue weighted by Gasteiger charge is -2.35. The van der Waals surface area contributed by atoms with Crippen molar-refractivity contribution in [3.8, 4) is 5.75 Å². The highest BCUT2D eigenvalue weighted by molar-refractivity contribution is 7.59. The number of piperazine rings is 1. The first kappa shape index (κ1) is 26.5. The van der Waals surface area contributed by atoms with Gasteiger partial charge in [-0.15, -0.1) is 0 Å². The SMILES string of the molecule is O=C(NN1CCN(C[C@H](O)COc2ccc(Cl)c(F)c2)CC1)c1ccc2cc(Cl)ccc2c1.S. The van der Waals surface area contributed by atoms with Crippen LogP contribution in [0, 0.1) is 5.82 Å². The number of amides is 1. The van der Waals surface area contributed by atoms with E-state index in [1.165, 1.54) is 12.1 Å². The third-order valence-electron chi connectivity index (χ3n) is 5.50. The molecule has 0 saturated carbocycles. The van der Waals surface area contributed by atoms with Crippen LogP contribution in [0.25, 0.3) is 10.8 Å². The van der Waals surface area contributed by atoms with Gasteiger partial charge in [0.2, 0.25) is 0 Å². The van der Waals surface area contributed by atoms with Gasteiger partial charge in [0.1, 0.15) is 24.3 Å². The molecule has 0 aromatic heterocycles. The van der Waals surface area contributed by atoms with E-state index in [9.17, 15) is 14.3 Å². The van der Waals surface area contributed by atoms with E-state index < -0.39 is 11.9 Å². The molecule has 1 atom stereocenters. The number of aliphatic hydroxyl groups excluding tert-OH is 1. The van der Waals surface area contributed by atoms with E-state index in [0.717, 1.165) is 10.8 Å². The van der Waals surface area contributed by atoms with Crippen LogP contribution in [-0.4, -0.2) is 66.4 Å². The van der Waals surface area contributed by atoms with Crippen LogP contribution in [0.1, 0.15) is 10.4 Å². The number of nitrogens with one attached hydrogen (secondary N) is 1. The van der Waals surface area contributed by atoms with Gasteiger partial charge >= 0.3 is 0 Å². The summed E-state index contributed by atoms with van der Waals surface area (Å²) in [6.45, 7) is 3.10. The van der Waals surface area contributed by atoms with Gasteiger partial charge in [0, 0.05) is 49.4 Å². The minimum Gasteiger partial charge on any atom is -0.491 e. The van der Waals surface area contributed by atoms with E-state index in [2.05, 4.69) is 10.3 Å². The molecule has 34 heavy (non-hydrogen) atoms. The minimum absolute atomic E-state index is 0. The van der Waals surface area contributed by atoms with Crippen molar-refractivity contribution in [3.63, 3.8) is 0 Å². The van der Waals surface area contributed by atoms with Gasteiger partial charge in [-0.2, -0.15) is 13.5 Å². The second kappa shape index (κ2) is 12.1. The van der Waals surface area contributed by atoms with E-state index in [0.29, 0.717) is 49.1 Å². The first-order chi connectivity index (χ1) is 15.9. The smallest absolute Gasteiger partial charge is 0.265 e. The third-order valence-corrected chi connectivity index (χ3v) is 6.04. The standard InChI is InChI=1S/C24H24Cl2FN3O3.H2S/c25-19-4-3-16-11-18(2-1-17(16)12-19)24(32)28-30-9-7-29(8-10-30)14-20(31)15-33-21-5-6-22(26)23(27)13-21;/h1-6,11-13,20,31H,7-10,14-15H2,(H,28,32);1H2/t20-;/m0./s1. The fourth-order valence-electron chi connectivity index (χ4n) is 3.72. The number of ether oxygens (including phenoxy) is 1. The molecule has 10 heteroatoms. The molecule has 1 saturated heterocycles. The zero-order valence-electron chi connectivity index (χ0n) is 18.3. The molecule has 0 spiro atoms. The van der Waals surface area contributed by atoms with E-state index in [-0.39, 0.29) is 31.0 Å². The Morgan fingerprint density at radius 2 is 1.74 bits per heavy atom. The number of carbonyl (C=O) groups is 1. The fourth-order valence-corrected chi connectivity index (χ4v) is 4.02. The van der Waals surface area contributed by atoms with Crippen molar-refractivity contribution in [2.75, 3.05) is 39.3 Å². The van der Waals surface area contributed by atoms with Crippen molar-refractivity contribution in [1.82, 2.24) is 15.3 Å². The molecule has 6 nitrogen and oxygen atoms in total. The zero-order chi connectivity index (χ0) is 23.4. The Bertz CT molecular complexity index is 1150. The molecule has 3 aromatic rings. The summed E-state index contributed by atoms with van der Waals surface area (Å²) < 4.78 is 18.9. The Morgan fingerprint density at radius 1 is 1.03 bits per heavy atom. The maximum Gasteiger partial charge on any atom is 0.265 e. The van der Waals surface area contributed by atoms with Crippen LogP contribution in [0.3, 0.4) is 0 Å². The second-order valence-electron chi connectivity index (χ2n) is 7.98. The Labute approximate surface area is 214 Å². The summed E-state index contributed by atoms with van der Waals surface area (Å²) in [6.07, 6.45) is -0.726. The number of rotatable bonds is 7. The van der Waals surface area contributed by atoms with Gasteiger partial charge in [-0.05, 0) is 47.2 Å². The van der Waals surface area contributed by atoms with Crippen molar-refractivity contribution in [2.24, 2.45) is 0 Å². The summed E-state index contributed by atoms with van der Waals surface area (Å²) >= 11 is 11.7. The Kier molecular flexibility index (Phi) is 9.41. The third kappa shape index (κ3) is 6.97. The Balaban J connectivity index is 0.00000324. The molecule has 0 bridgehead atoms. The predicted molar refractivity (Wildman–Crippen MR) is 138 cm³/mol. The van der Waals surface area contributed by atoms with Crippen LogP contribution < -0.4 is 10.2 Å². The van der Waals surface area contributed by atoms with Crippen LogP contribution in [0.5, 0.6) is 5.75 Å². The first-order valence-electron chi connectivity index (χ1n) is 10.6. The van der Waals surface area contributed by atoms with Crippen LogP contribution in [0.4, 0.5) is 4.39 Å². The van der Waals surface area contributed by atoms with Crippen LogP contribution in [0.15, 0.2) is 54.6 Å². The van der Waals surface area contributed by atoms with Crippen molar-refractivity contribution < 1.29 is 19.0 Å². The summed E-state index contributed by atoms with van der Waals surface area (Å²) in [4.78, 5) is 14.8. The number of β-amino-alcohol motifs (C(OH)–C–C–N with tert-alkyl or cyclic N) is 1. The van der Waals surface area contributed by atoms with Gasteiger partial charge in [-0.1, -0.05) is 35.3 Å². The summed E-state index contributed by atoms with van der Waals surface area (Å²) in [7, 11) is 0. The van der Waals surface area contributed by atoms with Crippen molar-refractivity contribution in [1.29, 1.82) is 0 Å². The molecular weight excluding hydrogens is 500 g/mol. The molecule has 0 aliphatic carbocycles. The number of halogens is 3. The molecule has 2 N–H and O–H groups in total.